The molecule has 5 N–H and O–H groups in total. The highest BCUT2D eigenvalue weighted by Crippen LogP contribution is 2.21. The Balaban J connectivity index is 2.32. The van der Waals surface area contributed by atoms with Crippen molar-refractivity contribution in [1.29, 1.82) is 0 Å². The highest BCUT2D eigenvalue weighted by molar-refractivity contribution is 5.97. The van der Waals surface area contributed by atoms with E-state index in [1.807, 2.05) is 0 Å². The van der Waals surface area contributed by atoms with Gasteiger partial charge >= 0.3 is 5.97 Å². The molecule has 1 saturated heterocycles. The van der Waals surface area contributed by atoms with Gasteiger partial charge < -0.3 is 21.5 Å². The summed E-state index contributed by atoms with van der Waals surface area (Å²) in [5.74, 6) is -0.823. The van der Waals surface area contributed by atoms with Gasteiger partial charge in [0, 0.05) is 6.54 Å². The summed E-state index contributed by atoms with van der Waals surface area (Å²) in [5, 5.41) is 2.49. The summed E-state index contributed by atoms with van der Waals surface area (Å²) in [6.07, 6.45) is 1.23. The molecule has 1 heterocycles. The number of amides is 1. The van der Waals surface area contributed by atoms with Gasteiger partial charge in [0.2, 0.25) is 5.91 Å². The van der Waals surface area contributed by atoms with Gasteiger partial charge in [-0.3, -0.25) is 9.79 Å². The highest BCUT2D eigenvalue weighted by atomic mass is 16.5. The number of aliphatic imine (C=N–C) groups is 1. The summed E-state index contributed by atoms with van der Waals surface area (Å²) in [4.78, 5) is 26.2. The molecule has 0 spiro atoms. The fourth-order valence-corrected chi connectivity index (χ4v) is 1.58. The molecule has 16 heavy (non-hydrogen) atoms. The molecule has 0 bridgehead atoms. The third-order valence-corrected chi connectivity index (χ3v) is 2.46. The van der Waals surface area contributed by atoms with E-state index in [-0.39, 0.29) is 17.8 Å². The lowest BCUT2D eigenvalue weighted by Crippen LogP contribution is -2.62. The molecule has 0 saturated carbocycles. The maximum Gasteiger partial charge on any atom is 0.329 e. The Bertz CT molecular complexity index is 312. The first-order valence-electron chi connectivity index (χ1n) is 5.00. The van der Waals surface area contributed by atoms with E-state index in [0.717, 1.165) is 0 Å². The molecule has 0 aliphatic carbocycles. The first kappa shape index (κ1) is 12.3. The smallest absolute Gasteiger partial charge is 0.329 e. The van der Waals surface area contributed by atoms with E-state index in [1.54, 1.807) is 0 Å². The number of ether oxygens (including phenoxy) is 1. The van der Waals surface area contributed by atoms with Gasteiger partial charge in [-0.1, -0.05) is 0 Å². The standard InChI is InChI=1S/C9H16N4O3/c1-16-8(15)6-5(7(14)13-6)3-2-4-12-9(10)11/h5-6H,2-4H2,1H3,(H,13,14)(H4,10,11,12)/t5-,6+/m1/s1. The van der Waals surface area contributed by atoms with Crippen LogP contribution >= 0.6 is 0 Å². The van der Waals surface area contributed by atoms with E-state index in [9.17, 15) is 9.59 Å². The second kappa shape index (κ2) is 5.34. The number of guanidine groups is 1. The molecular weight excluding hydrogens is 212 g/mol. The van der Waals surface area contributed by atoms with Gasteiger partial charge in [0.15, 0.2) is 5.96 Å². The van der Waals surface area contributed by atoms with Gasteiger partial charge in [0.1, 0.15) is 6.04 Å². The summed E-state index contributed by atoms with van der Waals surface area (Å²) in [7, 11) is 1.29. The SMILES string of the molecule is COC(=O)[C@H]1NC(=O)[C@@H]1CCCN=C(N)N. The third-order valence-electron chi connectivity index (χ3n) is 2.46. The van der Waals surface area contributed by atoms with E-state index in [1.165, 1.54) is 7.11 Å². The van der Waals surface area contributed by atoms with Crippen LogP contribution in [0.25, 0.3) is 0 Å². The van der Waals surface area contributed by atoms with Crippen molar-refractivity contribution >= 4 is 17.8 Å². The van der Waals surface area contributed by atoms with E-state index in [2.05, 4.69) is 15.0 Å². The number of rotatable bonds is 5. The Morgan fingerprint density at radius 1 is 1.56 bits per heavy atom. The topological polar surface area (TPSA) is 120 Å². The number of β-lactam (4-membered cyclic amide) rings is 1. The molecule has 0 aromatic carbocycles. The van der Waals surface area contributed by atoms with Crippen molar-refractivity contribution in [2.45, 2.75) is 18.9 Å². The van der Waals surface area contributed by atoms with E-state index in [4.69, 9.17) is 11.5 Å². The first-order valence-corrected chi connectivity index (χ1v) is 5.00. The number of esters is 1. The van der Waals surface area contributed by atoms with E-state index in [0.29, 0.717) is 19.4 Å². The molecule has 1 amide bonds. The van der Waals surface area contributed by atoms with Crippen molar-refractivity contribution in [2.75, 3.05) is 13.7 Å². The lowest BCUT2D eigenvalue weighted by atomic mass is 9.86. The Morgan fingerprint density at radius 3 is 2.75 bits per heavy atom. The summed E-state index contributed by atoms with van der Waals surface area (Å²) in [5.41, 5.74) is 10.3. The van der Waals surface area contributed by atoms with Crippen LogP contribution in [0.15, 0.2) is 4.99 Å². The van der Waals surface area contributed by atoms with Crippen molar-refractivity contribution in [3.05, 3.63) is 0 Å². The molecule has 2 atom stereocenters. The van der Waals surface area contributed by atoms with Crippen LogP contribution in [-0.2, 0) is 14.3 Å². The highest BCUT2D eigenvalue weighted by Gasteiger charge is 2.44. The third kappa shape index (κ3) is 2.85. The second-order valence-electron chi connectivity index (χ2n) is 3.56. The van der Waals surface area contributed by atoms with Crippen molar-refractivity contribution in [2.24, 2.45) is 22.4 Å². The normalized spacial score (nSPS) is 22.9. The number of methoxy groups -OCH3 is 1. The number of nitrogens with one attached hydrogen (secondary N) is 1. The van der Waals surface area contributed by atoms with Gasteiger partial charge in [0.05, 0.1) is 13.0 Å². The van der Waals surface area contributed by atoms with Gasteiger partial charge in [-0.05, 0) is 12.8 Å². The van der Waals surface area contributed by atoms with Crippen LogP contribution in [-0.4, -0.2) is 37.5 Å². The van der Waals surface area contributed by atoms with Gasteiger partial charge in [-0.15, -0.1) is 0 Å². The maximum atomic E-state index is 11.2. The molecule has 1 rings (SSSR count). The average molecular weight is 228 g/mol. The van der Waals surface area contributed by atoms with Crippen molar-refractivity contribution in [3.8, 4) is 0 Å². The molecule has 90 valence electrons. The average Bonchev–Trinajstić information content (AvgIpc) is 2.23. The van der Waals surface area contributed by atoms with Crippen molar-refractivity contribution in [3.63, 3.8) is 0 Å². The minimum Gasteiger partial charge on any atom is -0.467 e. The molecule has 0 aromatic rings. The summed E-state index contributed by atoms with van der Waals surface area (Å²) in [6, 6.07) is -0.517. The Hall–Kier alpha value is -1.79. The number of hydrogen-bond acceptors (Lipinski definition) is 4. The molecule has 7 nitrogen and oxygen atoms in total. The lowest BCUT2D eigenvalue weighted by Gasteiger charge is -2.34. The number of nitrogens with zero attached hydrogens (tertiary/aromatic N) is 1. The number of carbonyl (C=O) groups is 2. The Morgan fingerprint density at radius 2 is 2.25 bits per heavy atom. The molecule has 0 aromatic heterocycles. The van der Waals surface area contributed by atoms with Crippen LogP contribution in [0.5, 0.6) is 0 Å². The fourth-order valence-electron chi connectivity index (χ4n) is 1.58. The molecule has 0 unspecified atom stereocenters. The summed E-state index contributed by atoms with van der Waals surface area (Å²) >= 11 is 0. The Kier molecular flexibility index (Phi) is 4.10. The fraction of sp³-hybridized carbons (Fsp3) is 0.667. The molecule has 1 aliphatic heterocycles. The van der Waals surface area contributed by atoms with E-state index >= 15 is 0 Å². The van der Waals surface area contributed by atoms with Crippen LogP contribution in [0.4, 0.5) is 0 Å². The summed E-state index contributed by atoms with van der Waals surface area (Å²) < 4.78 is 4.56. The number of nitrogens with two attached hydrogens (primary N) is 2. The molecular formula is C9H16N4O3. The predicted octanol–water partition coefficient (Wildman–Crippen LogP) is -1.67. The zero-order chi connectivity index (χ0) is 12.1. The lowest BCUT2D eigenvalue weighted by molar-refractivity contribution is -0.155. The van der Waals surface area contributed by atoms with Gasteiger partial charge in [0.25, 0.3) is 0 Å². The maximum absolute atomic E-state index is 11.2. The van der Waals surface area contributed by atoms with Gasteiger partial charge in [-0.25, -0.2) is 4.79 Å². The van der Waals surface area contributed by atoms with Crippen LogP contribution in [0.2, 0.25) is 0 Å². The zero-order valence-corrected chi connectivity index (χ0v) is 9.10. The van der Waals surface area contributed by atoms with Crippen LogP contribution < -0.4 is 16.8 Å². The molecule has 0 radical (unpaired) electrons. The summed E-state index contributed by atoms with van der Waals surface area (Å²) in [6.45, 7) is 0.458. The van der Waals surface area contributed by atoms with Crippen molar-refractivity contribution < 1.29 is 14.3 Å². The minimum absolute atomic E-state index is 0.0302. The minimum atomic E-state index is -0.517. The van der Waals surface area contributed by atoms with E-state index < -0.39 is 12.0 Å². The van der Waals surface area contributed by atoms with Crippen LogP contribution in [0.1, 0.15) is 12.8 Å². The molecule has 7 heteroatoms. The monoisotopic (exact) mass is 228 g/mol. The number of hydrogen-bond donors (Lipinski definition) is 3. The van der Waals surface area contributed by atoms with Crippen LogP contribution in [0, 0.1) is 5.92 Å². The quantitative estimate of drug-likeness (QED) is 0.171. The van der Waals surface area contributed by atoms with Crippen molar-refractivity contribution in [1.82, 2.24) is 5.32 Å². The Labute approximate surface area is 93.2 Å². The predicted molar refractivity (Wildman–Crippen MR) is 57.3 cm³/mol. The molecule has 1 aliphatic rings. The van der Waals surface area contributed by atoms with Crippen LogP contribution in [0.3, 0.4) is 0 Å². The number of carbonyl (C=O) groups excluding carboxylic acids is 2. The second-order valence-corrected chi connectivity index (χ2v) is 3.56. The van der Waals surface area contributed by atoms with Gasteiger partial charge in [-0.2, -0.15) is 0 Å². The molecule has 1 fully saturated rings. The largest absolute Gasteiger partial charge is 0.467 e. The zero-order valence-electron chi connectivity index (χ0n) is 9.10. The first-order chi connectivity index (χ1) is 7.56.